The van der Waals surface area contributed by atoms with E-state index in [-0.39, 0.29) is 30.2 Å². The van der Waals surface area contributed by atoms with Crippen LogP contribution in [0.2, 0.25) is 0 Å². The van der Waals surface area contributed by atoms with Crippen LogP contribution in [0.1, 0.15) is 50.4 Å². The average molecular weight is 342 g/mol. The van der Waals surface area contributed by atoms with Gasteiger partial charge in [0, 0.05) is 30.3 Å². The van der Waals surface area contributed by atoms with E-state index in [0.717, 1.165) is 42.7 Å². The lowest BCUT2D eigenvalue weighted by atomic mass is 10.1. The minimum atomic E-state index is -0.156. The molecule has 6 heteroatoms. The maximum atomic E-state index is 12.1. The van der Waals surface area contributed by atoms with Crippen molar-refractivity contribution in [1.29, 1.82) is 0 Å². The molecule has 1 atom stereocenters. The molecule has 0 radical (unpaired) electrons. The largest absolute Gasteiger partial charge is 0.353 e. The third kappa shape index (κ3) is 4.38. The predicted octanol–water partition coefficient (Wildman–Crippen LogP) is 2.34. The van der Waals surface area contributed by atoms with Crippen molar-refractivity contribution >= 4 is 17.5 Å². The van der Waals surface area contributed by atoms with E-state index >= 15 is 0 Å². The van der Waals surface area contributed by atoms with Gasteiger partial charge in [0.15, 0.2) is 0 Å². The predicted molar refractivity (Wildman–Crippen MR) is 96.0 cm³/mol. The Balaban J connectivity index is 1.46. The number of fused-ring (bicyclic) bond motifs is 1. The molecule has 1 fully saturated rings. The molecule has 0 aliphatic heterocycles. The number of pyridine rings is 1. The van der Waals surface area contributed by atoms with E-state index in [1.807, 2.05) is 42.6 Å². The highest BCUT2D eigenvalue weighted by atomic mass is 16.2. The van der Waals surface area contributed by atoms with E-state index in [1.54, 1.807) is 0 Å². The fourth-order valence-electron chi connectivity index (χ4n) is 3.42. The maximum Gasteiger partial charge on any atom is 0.223 e. The van der Waals surface area contributed by atoms with Crippen molar-refractivity contribution in [3.05, 3.63) is 35.8 Å². The number of nitrogens with one attached hydrogen (secondary N) is 2. The number of imidazole rings is 1. The first-order valence-electron chi connectivity index (χ1n) is 9.03. The molecule has 2 aromatic rings. The van der Waals surface area contributed by atoms with Crippen molar-refractivity contribution in [3.63, 3.8) is 0 Å². The van der Waals surface area contributed by atoms with Gasteiger partial charge < -0.3 is 15.0 Å². The topological polar surface area (TPSA) is 75.5 Å². The second-order valence-corrected chi connectivity index (χ2v) is 7.00. The van der Waals surface area contributed by atoms with Crippen molar-refractivity contribution in [2.24, 2.45) is 5.92 Å². The number of hydrogen-bond acceptors (Lipinski definition) is 3. The highest BCUT2D eigenvalue weighted by molar-refractivity contribution is 5.81. The fraction of sp³-hybridized carbons (Fsp3) is 0.526. The second-order valence-electron chi connectivity index (χ2n) is 7.00. The molecule has 2 amide bonds. The molecular formula is C19H26N4O2. The SMILES string of the molecule is Cc1cccc2nc(CNC(=O)C[C@H](C)NC(=O)C3CCCC3)cn12. The monoisotopic (exact) mass is 342 g/mol. The van der Waals surface area contributed by atoms with Gasteiger partial charge in [-0.2, -0.15) is 0 Å². The standard InChI is InChI=1S/C19H26N4O2/c1-13(21-19(25)15-7-3-4-8-15)10-18(24)20-11-16-12-23-14(2)6-5-9-17(23)22-16/h5-6,9,12-13,15H,3-4,7-8,10-11H2,1-2H3,(H,20,24)(H,21,25)/t13-/m0/s1. The van der Waals surface area contributed by atoms with Crippen molar-refractivity contribution < 1.29 is 9.59 Å². The summed E-state index contributed by atoms with van der Waals surface area (Å²) in [5.74, 6) is 0.147. The van der Waals surface area contributed by atoms with E-state index in [9.17, 15) is 9.59 Å². The number of carbonyl (C=O) groups is 2. The molecule has 6 nitrogen and oxygen atoms in total. The summed E-state index contributed by atoms with van der Waals surface area (Å²) in [4.78, 5) is 28.7. The van der Waals surface area contributed by atoms with Gasteiger partial charge in [-0.05, 0) is 38.8 Å². The van der Waals surface area contributed by atoms with E-state index < -0.39 is 0 Å². The highest BCUT2D eigenvalue weighted by Gasteiger charge is 2.24. The van der Waals surface area contributed by atoms with Gasteiger partial charge in [0.25, 0.3) is 0 Å². The number of nitrogens with zero attached hydrogens (tertiary/aromatic N) is 2. The molecule has 2 heterocycles. The zero-order chi connectivity index (χ0) is 17.8. The number of rotatable bonds is 6. The molecule has 25 heavy (non-hydrogen) atoms. The first-order chi connectivity index (χ1) is 12.0. The lowest BCUT2D eigenvalue weighted by Gasteiger charge is -2.16. The lowest BCUT2D eigenvalue weighted by molar-refractivity contribution is -0.126. The molecule has 0 saturated heterocycles. The Hall–Kier alpha value is -2.37. The van der Waals surface area contributed by atoms with E-state index in [4.69, 9.17) is 0 Å². The molecule has 0 spiro atoms. The van der Waals surface area contributed by atoms with Crippen LogP contribution in [0.25, 0.3) is 5.65 Å². The zero-order valence-corrected chi connectivity index (χ0v) is 14.9. The van der Waals surface area contributed by atoms with Gasteiger partial charge in [-0.25, -0.2) is 4.98 Å². The van der Waals surface area contributed by atoms with Gasteiger partial charge in [0.1, 0.15) is 5.65 Å². The molecule has 1 aliphatic carbocycles. The molecule has 2 N–H and O–H groups in total. The fourth-order valence-corrected chi connectivity index (χ4v) is 3.42. The Kier molecular flexibility index (Phi) is 5.36. The first kappa shape index (κ1) is 17.5. The summed E-state index contributed by atoms with van der Waals surface area (Å²) in [5, 5.41) is 5.85. The summed E-state index contributed by atoms with van der Waals surface area (Å²) in [6, 6.07) is 5.77. The summed E-state index contributed by atoms with van der Waals surface area (Å²) in [6.45, 7) is 4.29. The molecule has 1 aliphatic rings. The number of aromatic nitrogens is 2. The Morgan fingerprint density at radius 1 is 1.32 bits per heavy atom. The Labute approximate surface area is 148 Å². The van der Waals surface area contributed by atoms with Gasteiger partial charge in [-0.15, -0.1) is 0 Å². The van der Waals surface area contributed by atoms with Crippen molar-refractivity contribution in [2.75, 3.05) is 0 Å². The Bertz CT molecular complexity index is 762. The van der Waals surface area contributed by atoms with Crippen LogP contribution >= 0.6 is 0 Å². The van der Waals surface area contributed by atoms with Crippen molar-refractivity contribution in [2.45, 2.75) is 58.5 Å². The first-order valence-corrected chi connectivity index (χ1v) is 9.03. The van der Waals surface area contributed by atoms with Gasteiger partial charge >= 0.3 is 0 Å². The van der Waals surface area contributed by atoms with Gasteiger partial charge in [0.2, 0.25) is 11.8 Å². The minimum absolute atomic E-state index is 0.0759. The Morgan fingerprint density at radius 2 is 2.08 bits per heavy atom. The third-order valence-corrected chi connectivity index (χ3v) is 4.82. The highest BCUT2D eigenvalue weighted by Crippen LogP contribution is 2.24. The smallest absolute Gasteiger partial charge is 0.223 e. The number of amides is 2. The van der Waals surface area contributed by atoms with Crippen LogP contribution in [0.3, 0.4) is 0 Å². The average Bonchev–Trinajstić information content (AvgIpc) is 3.23. The van der Waals surface area contributed by atoms with Crippen LogP contribution in [0.15, 0.2) is 24.4 Å². The van der Waals surface area contributed by atoms with Crippen LogP contribution in [-0.2, 0) is 16.1 Å². The molecule has 134 valence electrons. The van der Waals surface area contributed by atoms with Crippen LogP contribution in [0, 0.1) is 12.8 Å². The maximum absolute atomic E-state index is 12.1. The summed E-state index contributed by atoms with van der Waals surface area (Å²) in [7, 11) is 0. The second kappa shape index (κ2) is 7.68. The summed E-state index contributed by atoms with van der Waals surface area (Å²) >= 11 is 0. The minimum Gasteiger partial charge on any atom is -0.353 e. The Morgan fingerprint density at radius 3 is 2.80 bits per heavy atom. The van der Waals surface area contributed by atoms with Crippen LogP contribution in [0.4, 0.5) is 0 Å². The third-order valence-electron chi connectivity index (χ3n) is 4.82. The van der Waals surface area contributed by atoms with Crippen molar-refractivity contribution in [1.82, 2.24) is 20.0 Å². The van der Waals surface area contributed by atoms with Crippen LogP contribution in [-0.4, -0.2) is 27.2 Å². The summed E-state index contributed by atoms with van der Waals surface area (Å²) in [5.41, 5.74) is 2.80. The molecule has 3 rings (SSSR count). The van der Waals surface area contributed by atoms with Crippen LogP contribution in [0.5, 0.6) is 0 Å². The van der Waals surface area contributed by atoms with E-state index in [2.05, 4.69) is 15.6 Å². The van der Waals surface area contributed by atoms with Crippen LogP contribution < -0.4 is 10.6 Å². The zero-order valence-electron chi connectivity index (χ0n) is 14.9. The normalized spacial score (nSPS) is 16.1. The number of carbonyl (C=O) groups excluding carboxylic acids is 2. The summed E-state index contributed by atoms with van der Waals surface area (Å²) < 4.78 is 2.01. The number of aryl methyl sites for hydroxylation is 1. The molecular weight excluding hydrogens is 316 g/mol. The molecule has 2 aromatic heterocycles. The van der Waals surface area contributed by atoms with E-state index in [0.29, 0.717) is 6.54 Å². The number of hydrogen-bond donors (Lipinski definition) is 2. The molecule has 1 saturated carbocycles. The van der Waals surface area contributed by atoms with Gasteiger partial charge in [-0.3, -0.25) is 9.59 Å². The van der Waals surface area contributed by atoms with Gasteiger partial charge in [0.05, 0.1) is 12.2 Å². The lowest BCUT2D eigenvalue weighted by Crippen LogP contribution is -2.39. The quantitative estimate of drug-likeness (QED) is 0.846. The van der Waals surface area contributed by atoms with E-state index in [1.165, 1.54) is 0 Å². The van der Waals surface area contributed by atoms with Crippen molar-refractivity contribution in [3.8, 4) is 0 Å². The molecule has 0 bridgehead atoms. The molecule has 0 unspecified atom stereocenters. The summed E-state index contributed by atoms with van der Waals surface area (Å²) in [6.07, 6.45) is 6.42. The van der Waals surface area contributed by atoms with Gasteiger partial charge in [-0.1, -0.05) is 18.9 Å². The molecule has 0 aromatic carbocycles.